The van der Waals surface area contributed by atoms with E-state index >= 15 is 0 Å². The molecular formula is C16H26N4O. The van der Waals surface area contributed by atoms with Crippen LogP contribution in [0.1, 0.15) is 38.5 Å². The van der Waals surface area contributed by atoms with Crippen molar-refractivity contribution < 1.29 is 4.79 Å². The monoisotopic (exact) mass is 290 g/mol. The fraction of sp³-hybridized carbons (Fsp3) is 0.625. The quantitative estimate of drug-likeness (QED) is 0.838. The van der Waals surface area contributed by atoms with Crippen molar-refractivity contribution >= 4 is 11.7 Å². The van der Waals surface area contributed by atoms with Crippen LogP contribution in [0.3, 0.4) is 0 Å². The van der Waals surface area contributed by atoms with Crippen molar-refractivity contribution in [3.8, 4) is 0 Å². The molecule has 0 unspecified atom stereocenters. The first-order valence-corrected chi connectivity index (χ1v) is 7.75. The molecule has 1 fully saturated rings. The second kappa shape index (κ2) is 7.41. The van der Waals surface area contributed by atoms with Crippen molar-refractivity contribution in [1.29, 1.82) is 0 Å². The lowest BCUT2D eigenvalue weighted by Crippen LogP contribution is -2.53. The number of nitrogens with one attached hydrogen (secondary N) is 2. The molecule has 2 rings (SSSR count). The van der Waals surface area contributed by atoms with E-state index in [1.807, 2.05) is 12.1 Å². The number of rotatable bonds is 4. The molecule has 2 amide bonds. The van der Waals surface area contributed by atoms with Crippen LogP contribution < -0.4 is 10.6 Å². The van der Waals surface area contributed by atoms with E-state index in [1.54, 1.807) is 12.4 Å². The second-order valence-electron chi connectivity index (χ2n) is 6.08. The lowest BCUT2D eigenvalue weighted by Gasteiger charge is -2.39. The van der Waals surface area contributed by atoms with Gasteiger partial charge in [0, 0.05) is 18.3 Å². The molecule has 5 heteroatoms. The summed E-state index contributed by atoms with van der Waals surface area (Å²) in [6.45, 7) is 0.687. The Morgan fingerprint density at radius 2 is 2.00 bits per heavy atom. The molecule has 0 saturated heterocycles. The van der Waals surface area contributed by atoms with Crippen molar-refractivity contribution in [3.05, 3.63) is 24.5 Å². The largest absolute Gasteiger partial charge is 0.336 e. The molecule has 1 saturated carbocycles. The van der Waals surface area contributed by atoms with Crippen LogP contribution in [0.5, 0.6) is 0 Å². The average Bonchev–Trinajstić information content (AvgIpc) is 2.73. The summed E-state index contributed by atoms with van der Waals surface area (Å²) >= 11 is 0. The molecule has 1 aliphatic carbocycles. The minimum absolute atomic E-state index is 0.0861. The number of pyridine rings is 1. The number of hydrogen-bond acceptors (Lipinski definition) is 3. The van der Waals surface area contributed by atoms with Gasteiger partial charge in [0.15, 0.2) is 0 Å². The molecule has 0 aliphatic heterocycles. The topological polar surface area (TPSA) is 57.3 Å². The van der Waals surface area contributed by atoms with Crippen LogP contribution in [0.15, 0.2) is 24.5 Å². The van der Waals surface area contributed by atoms with Crippen molar-refractivity contribution in [1.82, 2.24) is 15.2 Å². The van der Waals surface area contributed by atoms with Gasteiger partial charge in [-0.15, -0.1) is 0 Å². The Morgan fingerprint density at radius 1 is 1.29 bits per heavy atom. The molecule has 0 atom stereocenters. The van der Waals surface area contributed by atoms with Crippen LogP contribution in [0, 0.1) is 0 Å². The van der Waals surface area contributed by atoms with Gasteiger partial charge in [-0.1, -0.05) is 25.7 Å². The third kappa shape index (κ3) is 4.43. The summed E-state index contributed by atoms with van der Waals surface area (Å²) in [4.78, 5) is 18.3. The zero-order chi connectivity index (χ0) is 15.1. The van der Waals surface area contributed by atoms with Crippen LogP contribution in [-0.4, -0.2) is 42.1 Å². The van der Waals surface area contributed by atoms with E-state index in [0.717, 1.165) is 18.5 Å². The Labute approximate surface area is 127 Å². The molecule has 1 aromatic heterocycles. The first-order chi connectivity index (χ1) is 10.1. The number of carbonyl (C=O) groups excluding carboxylic acids is 1. The van der Waals surface area contributed by atoms with Crippen LogP contribution in [-0.2, 0) is 0 Å². The number of amides is 2. The van der Waals surface area contributed by atoms with Gasteiger partial charge in [-0.3, -0.25) is 4.98 Å². The van der Waals surface area contributed by atoms with Gasteiger partial charge in [-0.2, -0.15) is 0 Å². The lowest BCUT2D eigenvalue weighted by atomic mass is 9.89. The number of urea groups is 1. The first-order valence-electron chi connectivity index (χ1n) is 7.75. The van der Waals surface area contributed by atoms with Crippen LogP contribution >= 0.6 is 0 Å². The normalized spacial score (nSPS) is 18.0. The zero-order valence-corrected chi connectivity index (χ0v) is 13.1. The Morgan fingerprint density at radius 3 is 2.57 bits per heavy atom. The highest BCUT2D eigenvalue weighted by atomic mass is 16.2. The summed E-state index contributed by atoms with van der Waals surface area (Å²) in [5.74, 6) is 0. The minimum atomic E-state index is -0.159. The van der Waals surface area contributed by atoms with Gasteiger partial charge in [0.05, 0.1) is 11.9 Å². The van der Waals surface area contributed by atoms with E-state index in [9.17, 15) is 4.79 Å². The van der Waals surface area contributed by atoms with Crippen LogP contribution in [0.4, 0.5) is 10.5 Å². The molecule has 21 heavy (non-hydrogen) atoms. The summed E-state index contributed by atoms with van der Waals surface area (Å²) in [7, 11) is 4.23. The van der Waals surface area contributed by atoms with E-state index in [2.05, 4.69) is 34.6 Å². The summed E-state index contributed by atoms with van der Waals surface area (Å²) in [5.41, 5.74) is 0.803. The molecule has 1 heterocycles. The van der Waals surface area contributed by atoms with Crippen LogP contribution in [0.2, 0.25) is 0 Å². The summed E-state index contributed by atoms with van der Waals surface area (Å²) in [5, 5.41) is 5.85. The Kier molecular flexibility index (Phi) is 5.56. The number of hydrogen-bond donors (Lipinski definition) is 2. The number of carbonyl (C=O) groups is 1. The van der Waals surface area contributed by atoms with E-state index in [4.69, 9.17) is 0 Å². The molecule has 1 aliphatic rings. The highest BCUT2D eigenvalue weighted by molar-refractivity contribution is 5.88. The molecule has 2 N–H and O–H groups in total. The average molecular weight is 290 g/mol. The standard InChI is InChI=1S/C16H26N4O/c1-20(2)16(9-5-3-4-6-10-16)13-18-15(21)19-14-8-7-11-17-12-14/h7-8,11-12H,3-6,9-10,13H2,1-2H3,(H2,18,19,21). The van der Waals surface area contributed by atoms with Gasteiger partial charge in [0.1, 0.15) is 0 Å². The third-order valence-corrected chi connectivity index (χ3v) is 4.48. The summed E-state index contributed by atoms with van der Waals surface area (Å²) in [6.07, 6.45) is 10.7. The maximum atomic E-state index is 12.0. The van der Waals surface area contributed by atoms with Gasteiger partial charge in [-0.25, -0.2) is 4.79 Å². The van der Waals surface area contributed by atoms with Gasteiger partial charge in [0.25, 0.3) is 0 Å². The molecule has 0 spiro atoms. The SMILES string of the molecule is CN(C)C1(CNC(=O)Nc2cccnc2)CCCCCC1. The van der Waals surface area contributed by atoms with Crippen molar-refractivity contribution in [3.63, 3.8) is 0 Å². The van der Waals surface area contributed by atoms with Gasteiger partial charge >= 0.3 is 6.03 Å². The smallest absolute Gasteiger partial charge is 0.319 e. The maximum Gasteiger partial charge on any atom is 0.319 e. The van der Waals surface area contributed by atoms with Gasteiger partial charge < -0.3 is 15.5 Å². The molecule has 0 aromatic carbocycles. The Bertz CT molecular complexity index is 439. The summed E-state index contributed by atoms with van der Waals surface area (Å²) < 4.78 is 0. The van der Waals surface area contributed by atoms with Gasteiger partial charge in [-0.05, 0) is 39.1 Å². The van der Waals surface area contributed by atoms with E-state index in [-0.39, 0.29) is 11.6 Å². The highest BCUT2D eigenvalue weighted by Gasteiger charge is 2.33. The zero-order valence-electron chi connectivity index (χ0n) is 13.1. The minimum Gasteiger partial charge on any atom is -0.336 e. The van der Waals surface area contributed by atoms with Crippen molar-refractivity contribution in [2.75, 3.05) is 26.0 Å². The molecule has 5 nitrogen and oxygen atoms in total. The number of aromatic nitrogens is 1. The predicted molar refractivity (Wildman–Crippen MR) is 85.4 cm³/mol. The molecule has 116 valence electrons. The first kappa shape index (κ1) is 15.8. The van der Waals surface area contributed by atoms with Crippen molar-refractivity contribution in [2.24, 2.45) is 0 Å². The summed E-state index contributed by atoms with van der Waals surface area (Å²) in [6, 6.07) is 3.48. The third-order valence-electron chi connectivity index (χ3n) is 4.48. The maximum absolute atomic E-state index is 12.0. The predicted octanol–water partition coefficient (Wildman–Crippen LogP) is 2.86. The molecule has 0 bridgehead atoms. The number of anilines is 1. The molecule has 1 aromatic rings. The lowest BCUT2D eigenvalue weighted by molar-refractivity contribution is 0.129. The Balaban J connectivity index is 1.90. The van der Waals surface area contributed by atoms with E-state index < -0.39 is 0 Å². The van der Waals surface area contributed by atoms with Gasteiger partial charge in [0.2, 0.25) is 0 Å². The molecule has 0 radical (unpaired) electrons. The number of nitrogens with zero attached hydrogens (tertiary/aromatic N) is 2. The van der Waals surface area contributed by atoms with Crippen LogP contribution in [0.25, 0.3) is 0 Å². The molecular weight excluding hydrogens is 264 g/mol. The second-order valence-corrected chi connectivity index (χ2v) is 6.08. The van der Waals surface area contributed by atoms with E-state index in [0.29, 0.717) is 6.54 Å². The Hall–Kier alpha value is -1.62. The highest BCUT2D eigenvalue weighted by Crippen LogP contribution is 2.30. The number of likely N-dealkylation sites (N-methyl/N-ethyl adjacent to an activating group) is 1. The van der Waals surface area contributed by atoms with Crippen molar-refractivity contribution in [2.45, 2.75) is 44.1 Å². The fourth-order valence-electron chi connectivity index (χ4n) is 3.03. The van der Waals surface area contributed by atoms with E-state index in [1.165, 1.54) is 25.7 Å². The fourth-order valence-corrected chi connectivity index (χ4v) is 3.03.